The summed E-state index contributed by atoms with van der Waals surface area (Å²) in [4.78, 5) is 0.241. The number of alkyl halides is 1. The standard InChI is InChI=1S/C14H18Br2O3/c1-17-13-7-10(12(16)8-14(13)18-2)11(15)6-9-4-3-5-19-9/h7-9,11H,3-6H2,1-2H3. The number of benzene rings is 1. The number of hydrogen-bond donors (Lipinski definition) is 0. The molecule has 0 amide bonds. The molecule has 1 aromatic carbocycles. The van der Waals surface area contributed by atoms with Gasteiger partial charge in [-0.25, -0.2) is 0 Å². The molecule has 2 unspecified atom stereocenters. The lowest BCUT2D eigenvalue weighted by atomic mass is 10.0. The van der Waals surface area contributed by atoms with Crippen molar-refractivity contribution in [3.05, 3.63) is 22.2 Å². The Morgan fingerprint density at radius 2 is 2.00 bits per heavy atom. The Balaban J connectivity index is 2.17. The van der Waals surface area contributed by atoms with Crippen molar-refractivity contribution in [2.45, 2.75) is 30.2 Å². The van der Waals surface area contributed by atoms with E-state index in [0.717, 1.165) is 47.4 Å². The van der Waals surface area contributed by atoms with Crippen molar-refractivity contribution in [2.75, 3.05) is 20.8 Å². The fourth-order valence-corrected chi connectivity index (χ4v) is 4.00. The highest BCUT2D eigenvalue weighted by molar-refractivity contribution is 9.11. The Labute approximate surface area is 130 Å². The lowest BCUT2D eigenvalue weighted by molar-refractivity contribution is 0.104. The Bertz CT molecular complexity index is 431. The van der Waals surface area contributed by atoms with Crippen LogP contribution in [-0.2, 0) is 4.74 Å². The fraction of sp³-hybridized carbons (Fsp3) is 0.571. The van der Waals surface area contributed by atoms with Gasteiger partial charge in [0.1, 0.15) is 0 Å². The van der Waals surface area contributed by atoms with Crippen molar-refractivity contribution in [3.8, 4) is 11.5 Å². The highest BCUT2D eigenvalue weighted by Crippen LogP contribution is 2.41. The second kappa shape index (κ2) is 6.95. The lowest BCUT2D eigenvalue weighted by Crippen LogP contribution is -2.08. The zero-order valence-corrected chi connectivity index (χ0v) is 14.3. The normalized spacial score (nSPS) is 20.3. The molecule has 1 aliphatic rings. The maximum absolute atomic E-state index is 5.69. The first-order valence-electron chi connectivity index (χ1n) is 6.32. The third kappa shape index (κ3) is 3.64. The zero-order valence-electron chi connectivity index (χ0n) is 11.1. The van der Waals surface area contributed by atoms with Crippen LogP contribution in [0.25, 0.3) is 0 Å². The van der Waals surface area contributed by atoms with Gasteiger partial charge in [0.15, 0.2) is 11.5 Å². The number of methoxy groups -OCH3 is 2. The molecule has 1 saturated heterocycles. The number of hydrogen-bond acceptors (Lipinski definition) is 3. The molecule has 2 rings (SSSR count). The fourth-order valence-electron chi connectivity index (χ4n) is 2.30. The summed E-state index contributed by atoms with van der Waals surface area (Å²) in [6.07, 6.45) is 3.63. The van der Waals surface area contributed by atoms with E-state index >= 15 is 0 Å². The maximum Gasteiger partial charge on any atom is 0.161 e. The Kier molecular flexibility index (Phi) is 5.54. The Hall–Kier alpha value is -0.260. The van der Waals surface area contributed by atoms with Crippen LogP contribution in [0.2, 0.25) is 0 Å². The largest absolute Gasteiger partial charge is 0.493 e. The smallest absolute Gasteiger partial charge is 0.161 e. The number of rotatable bonds is 5. The van der Waals surface area contributed by atoms with Crippen LogP contribution in [0.5, 0.6) is 11.5 Å². The van der Waals surface area contributed by atoms with Gasteiger partial charge in [-0.15, -0.1) is 0 Å². The monoisotopic (exact) mass is 392 g/mol. The minimum Gasteiger partial charge on any atom is -0.493 e. The van der Waals surface area contributed by atoms with Gasteiger partial charge in [-0.3, -0.25) is 0 Å². The van der Waals surface area contributed by atoms with Gasteiger partial charge in [-0.05, 0) is 37.0 Å². The van der Waals surface area contributed by atoms with Crippen molar-refractivity contribution in [1.82, 2.24) is 0 Å². The molecule has 0 spiro atoms. The van der Waals surface area contributed by atoms with Crippen LogP contribution in [0.1, 0.15) is 29.7 Å². The van der Waals surface area contributed by atoms with E-state index in [0.29, 0.717) is 6.10 Å². The first-order chi connectivity index (χ1) is 9.15. The molecular formula is C14H18Br2O3. The first kappa shape index (κ1) is 15.1. The predicted octanol–water partition coefficient (Wildman–Crippen LogP) is 4.47. The van der Waals surface area contributed by atoms with E-state index in [1.165, 1.54) is 0 Å². The first-order valence-corrected chi connectivity index (χ1v) is 8.03. The van der Waals surface area contributed by atoms with Gasteiger partial charge in [0.2, 0.25) is 0 Å². The SMILES string of the molecule is COc1cc(Br)c(C(Br)CC2CCCO2)cc1OC. The molecule has 1 aromatic rings. The van der Waals surface area contributed by atoms with Gasteiger partial charge >= 0.3 is 0 Å². The van der Waals surface area contributed by atoms with E-state index in [4.69, 9.17) is 14.2 Å². The molecule has 5 heteroatoms. The van der Waals surface area contributed by atoms with Crippen LogP contribution >= 0.6 is 31.9 Å². The third-order valence-corrected chi connectivity index (χ3v) is 4.89. The molecule has 0 aliphatic carbocycles. The summed E-state index contributed by atoms with van der Waals surface area (Å²) in [6.45, 7) is 0.886. The molecule has 0 radical (unpaired) electrons. The minimum atomic E-state index is 0.241. The molecule has 2 atom stereocenters. The minimum absolute atomic E-state index is 0.241. The van der Waals surface area contributed by atoms with Crippen molar-refractivity contribution >= 4 is 31.9 Å². The molecule has 1 aliphatic heterocycles. The van der Waals surface area contributed by atoms with E-state index in [1.807, 2.05) is 12.1 Å². The van der Waals surface area contributed by atoms with Crippen LogP contribution in [0.3, 0.4) is 0 Å². The van der Waals surface area contributed by atoms with Crippen LogP contribution < -0.4 is 9.47 Å². The van der Waals surface area contributed by atoms with Crippen molar-refractivity contribution < 1.29 is 14.2 Å². The topological polar surface area (TPSA) is 27.7 Å². The highest BCUT2D eigenvalue weighted by Gasteiger charge is 2.22. The molecule has 1 heterocycles. The summed E-state index contributed by atoms with van der Waals surface area (Å²) in [7, 11) is 3.29. The maximum atomic E-state index is 5.69. The summed E-state index contributed by atoms with van der Waals surface area (Å²) >= 11 is 7.35. The van der Waals surface area contributed by atoms with Crippen LogP contribution in [0.4, 0.5) is 0 Å². The van der Waals surface area contributed by atoms with Crippen LogP contribution in [0, 0.1) is 0 Å². The summed E-state index contributed by atoms with van der Waals surface area (Å²) < 4.78 is 17.3. The van der Waals surface area contributed by atoms with E-state index in [9.17, 15) is 0 Å². The van der Waals surface area contributed by atoms with Gasteiger partial charge < -0.3 is 14.2 Å². The second-order valence-corrected chi connectivity index (χ2v) is 6.53. The lowest BCUT2D eigenvalue weighted by Gasteiger charge is -2.18. The van der Waals surface area contributed by atoms with Gasteiger partial charge in [0.05, 0.1) is 20.3 Å². The predicted molar refractivity (Wildman–Crippen MR) is 82.5 cm³/mol. The molecule has 0 bridgehead atoms. The molecule has 3 nitrogen and oxygen atoms in total. The van der Waals surface area contributed by atoms with Gasteiger partial charge in [-0.1, -0.05) is 31.9 Å². The van der Waals surface area contributed by atoms with E-state index in [2.05, 4.69) is 31.9 Å². The summed E-state index contributed by atoms with van der Waals surface area (Å²) in [5.74, 6) is 1.48. The average molecular weight is 394 g/mol. The Morgan fingerprint density at radius 1 is 1.32 bits per heavy atom. The van der Waals surface area contributed by atoms with Gasteiger partial charge in [-0.2, -0.15) is 0 Å². The molecule has 106 valence electrons. The van der Waals surface area contributed by atoms with Crippen molar-refractivity contribution in [1.29, 1.82) is 0 Å². The summed E-state index contributed by atoms with van der Waals surface area (Å²) in [5, 5.41) is 0. The van der Waals surface area contributed by atoms with E-state index in [-0.39, 0.29) is 4.83 Å². The summed E-state index contributed by atoms with van der Waals surface area (Å²) in [5.41, 5.74) is 1.16. The highest BCUT2D eigenvalue weighted by atomic mass is 79.9. The Morgan fingerprint density at radius 3 is 2.58 bits per heavy atom. The molecule has 0 saturated carbocycles. The number of halogens is 2. The van der Waals surface area contributed by atoms with Crippen molar-refractivity contribution in [3.63, 3.8) is 0 Å². The van der Waals surface area contributed by atoms with Crippen LogP contribution in [0.15, 0.2) is 16.6 Å². The van der Waals surface area contributed by atoms with Crippen molar-refractivity contribution in [2.24, 2.45) is 0 Å². The summed E-state index contributed by atoms with van der Waals surface area (Å²) in [6, 6.07) is 3.95. The quantitative estimate of drug-likeness (QED) is 0.690. The van der Waals surface area contributed by atoms with Gasteiger partial charge in [0, 0.05) is 15.9 Å². The second-order valence-electron chi connectivity index (χ2n) is 4.57. The molecular weight excluding hydrogens is 376 g/mol. The molecule has 0 N–H and O–H groups in total. The van der Waals surface area contributed by atoms with E-state index in [1.54, 1.807) is 14.2 Å². The molecule has 1 fully saturated rings. The van der Waals surface area contributed by atoms with Gasteiger partial charge in [0.25, 0.3) is 0 Å². The third-order valence-electron chi connectivity index (χ3n) is 3.33. The molecule has 19 heavy (non-hydrogen) atoms. The average Bonchev–Trinajstić information content (AvgIpc) is 2.90. The zero-order chi connectivity index (χ0) is 13.8. The van der Waals surface area contributed by atoms with Crippen LogP contribution in [-0.4, -0.2) is 26.9 Å². The number of ether oxygens (including phenoxy) is 3. The van der Waals surface area contributed by atoms with E-state index < -0.39 is 0 Å². The molecule has 0 aromatic heterocycles.